The molecule has 0 aliphatic rings. The van der Waals surface area contributed by atoms with Crippen LogP contribution in [0.3, 0.4) is 0 Å². The Hall–Kier alpha value is -2.67. The molecule has 0 saturated heterocycles. The lowest BCUT2D eigenvalue weighted by atomic mass is 10.0. The number of amides is 1. The molecule has 2 aromatic rings. The second-order valence-electron chi connectivity index (χ2n) is 4.71. The van der Waals surface area contributed by atoms with Gasteiger partial charge in [0, 0.05) is 5.56 Å². The molecule has 0 saturated carbocycles. The van der Waals surface area contributed by atoms with Gasteiger partial charge in [0.25, 0.3) is 5.91 Å². The van der Waals surface area contributed by atoms with E-state index in [9.17, 15) is 9.59 Å². The van der Waals surface area contributed by atoms with E-state index in [1.54, 1.807) is 37.3 Å². The smallest absolute Gasteiger partial charge is 0.307 e. The first-order chi connectivity index (χ1) is 11.0. The summed E-state index contributed by atoms with van der Waals surface area (Å²) in [6.07, 6.45) is -0.147. The number of hydrogen-bond donors (Lipinski definition) is 2. The lowest BCUT2D eigenvalue weighted by Crippen LogP contribution is -2.18. The van der Waals surface area contributed by atoms with Gasteiger partial charge in [0.1, 0.15) is 5.75 Å². The first-order valence-electron chi connectivity index (χ1n) is 6.78. The number of nitrogens with zero attached hydrogens (tertiary/aromatic N) is 1. The van der Waals surface area contributed by atoms with Gasteiger partial charge in [0.05, 0.1) is 24.1 Å². The van der Waals surface area contributed by atoms with Crippen molar-refractivity contribution in [2.45, 2.75) is 13.3 Å². The zero-order valence-electron chi connectivity index (χ0n) is 12.7. The molecular formula is C16H16N2O4S. The quantitative estimate of drug-likeness (QED) is 0.628. The number of nitrogens with one attached hydrogen (secondary N) is 1. The summed E-state index contributed by atoms with van der Waals surface area (Å²) in [5.41, 5.74) is 4.33. The third kappa shape index (κ3) is 4.40. The molecule has 1 amide bonds. The van der Waals surface area contributed by atoms with Gasteiger partial charge in [0.2, 0.25) is 0 Å². The SMILES string of the molecule is COc1ccc(/C(C)=N\NC(=O)c2cccs2)cc1CC(=O)O. The molecule has 7 heteroatoms. The molecule has 0 atom stereocenters. The first kappa shape index (κ1) is 16.7. The van der Waals surface area contributed by atoms with Gasteiger partial charge in [0.15, 0.2) is 0 Å². The summed E-state index contributed by atoms with van der Waals surface area (Å²) in [5.74, 6) is -0.716. The van der Waals surface area contributed by atoms with E-state index in [-0.39, 0.29) is 12.3 Å². The van der Waals surface area contributed by atoms with Crippen LogP contribution in [0.15, 0.2) is 40.8 Å². The number of hydrogen-bond acceptors (Lipinski definition) is 5. The fourth-order valence-electron chi connectivity index (χ4n) is 1.97. The number of carboxylic acid groups (broad SMARTS) is 1. The van der Waals surface area contributed by atoms with Crippen LogP contribution >= 0.6 is 11.3 Å². The van der Waals surface area contributed by atoms with Crippen molar-refractivity contribution in [2.75, 3.05) is 7.11 Å². The topological polar surface area (TPSA) is 88.0 Å². The Balaban J connectivity index is 2.18. The van der Waals surface area contributed by atoms with Crippen LogP contribution in [-0.4, -0.2) is 29.8 Å². The average molecular weight is 332 g/mol. The summed E-state index contributed by atoms with van der Waals surface area (Å²) in [6, 6.07) is 8.65. The van der Waals surface area contributed by atoms with Crippen molar-refractivity contribution in [1.82, 2.24) is 5.43 Å². The maximum absolute atomic E-state index is 11.8. The Morgan fingerprint density at radius 3 is 2.74 bits per heavy atom. The number of carbonyl (C=O) groups is 2. The van der Waals surface area contributed by atoms with Gasteiger partial charge in [-0.1, -0.05) is 6.07 Å². The number of thiophene rings is 1. The van der Waals surface area contributed by atoms with Crippen LogP contribution in [0.1, 0.15) is 27.7 Å². The fraction of sp³-hybridized carbons (Fsp3) is 0.188. The van der Waals surface area contributed by atoms with Crippen molar-refractivity contribution >= 4 is 28.9 Å². The summed E-state index contributed by atoms with van der Waals surface area (Å²) in [4.78, 5) is 23.3. The number of ether oxygens (including phenoxy) is 1. The van der Waals surface area contributed by atoms with Gasteiger partial charge in [-0.3, -0.25) is 9.59 Å². The number of rotatable bonds is 6. The van der Waals surface area contributed by atoms with Crippen molar-refractivity contribution in [2.24, 2.45) is 5.10 Å². The number of carbonyl (C=O) groups excluding carboxylic acids is 1. The highest BCUT2D eigenvalue weighted by atomic mass is 32.1. The molecule has 0 aliphatic carbocycles. The van der Waals surface area contributed by atoms with E-state index in [1.807, 2.05) is 5.38 Å². The Kier molecular flexibility index (Phi) is 5.48. The number of carboxylic acids is 1. The summed E-state index contributed by atoms with van der Waals surface area (Å²) in [5, 5.41) is 14.8. The molecule has 6 nitrogen and oxygen atoms in total. The van der Waals surface area contributed by atoms with Crippen LogP contribution in [0, 0.1) is 0 Å². The van der Waals surface area contributed by atoms with E-state index < -0.39 is 5.97 Å². The summed E-state index contributed by atoms with van der Waals surface area (Å²) >= 11 is 1.33. The van der Waals surface area contributed by atoms with Crippen molar-refractivity contribution in [1.29, 1.82) is 0 Å². The standard InChI is InChI=1S/C16H16N2O4S/c1-10(17-18-16(21)14-4-3-7-23-14)11-5-6-13(22-2)12(8-11)9-15(19)20/h3-8H,9H2,1-2H3,(H,18,21)(H,19,20)/b17-10-. The monoisotopic (exact) mass is 332 g/mol. The van der Waals surface area contributed by atoms with E-state index in [0.717, 1.165) is 0 Å². The highest BCUT2D eigenvalue weighted by Crippen LogP contribution is 2.21. The molecule has 0 spiro atoms. The van der Waals surface area contributed by atoms with Crippen molar-refractivity contribution < 1.29 is 19.4 Å². The van der Waals surface area contributed by atoms with E-state index in [4.69, 9.17) is 9.84 Å². The number of aliphatic carboxylic acids is 1. The van der Waals surface area contributed by atoms with Gasteiger partial charge in [-0.15, -0.1) is 11.3 Å². The van der Waals surface area contributed by atoms with Crippen LogP contribution in [-0.2, 0) is 11.2 Å². The minimum absolute atomic E-state index is 0.147. The molecule has 0 bridgehead atoms. The Morgan fingerprint density at radius 1 is 1.35 bits per heavy atom. The zero-order chi connectivity index (χ0) is 16.8. The minimum Gasteiger partial charge on any atom is -0.496 e. The molecule has 0 unspecified atom stereocenters. The normalized spacial score (nSPS) is 11.1. The molecule has 0 fully saturated rings. The predicted octanol–water partition coefficient (Wildman–Crippen LogP) is 2.54. The van der Waals surface area contributed by atoms with Crippen LogP contribution in [0.2, 0.25) is 0 Å². The lowest BCUT2D eigenvalue weighted by molar-refractivity contribution is -0.136. The fourth-order valence-corrected chi connectivity index (χ4v) is 2.58. The lowest BCUT2D eigenvalue weighted by Gasteiger charge is -2.09. The van der Waals surface area contributed by atoms with Crippen LogP contribution < -0.4 is 10.2 Å². The molecule has 0 aliphatic heterocycles. The van der Waals surface area contributed by atoms with Crippen LogP contribution in [0.4, 0.5) is 0 Å². The van der Waals surface area contributed by atoms with Crippen LogP contribution in [0.25, 0.3) is 0 Å². The molecular weight excluding hydrogens is 316 g/mol. The summed E-state index contributed by atoms with van der Waals surface area (Å²) in [6.45, 7) is 1.74. The maximum atomic E-state index is 11.8. The summed E-state index contributed by atoms with van der Waals surface area (Å²) in [7, 11) is 1.49. The third-order valence-electron chi connectivity index (χ3n) is 3.11. The Bertz CT molecular complexity index is 739. The number of methoxy groups -OCH3 is 1. The van der Waals surface area contributed by atoms with E-state index in [0.29, 0.717) is 27.5 Å². The molecule has 1 aromatic heterocycles. The second kappa shape index (κ2) is 7.55. The van der Waals surface area contributed by atoms with Crippen molar-refractivity contribution in [3.05, 3.63) is 51.7 Å². The molecule has 0 radical (unpaired) electrons. The largest absolute Gasteiger partial charge is 0.496 e. The van der Waals surface area contributed by atoms with Gasteiger partial charge in [-0.25, -0.2) is 5.43 Å². The first-order valence-corrected chi connectivity index (χ1v) is 7.66. The van der Waals surface area contributed by atoms with E-state index >= 15 is 0 Å². The zero-order valence-corrected chi connectivity index (χ0v) is 13.5. The number of hydrazone groups is 1. The average Bonchev–Trinajstić information content (AvgIpc) is 3.06. The van der Waals surface area contributed by atoms with Gasteiger partial charge >= 0.3 is 5.97 Å². The molecule has 2 N–H and O–H groups in total. The highest BCUT2D eigenvalue weighted by molar-refractivity contribution is 7.12. The molecule has 2 rings (SSSR count). The van der Waals surface area contributed by atoms with E-state index in [2.05, 4.69) is 10.5 Å². The number of benzene rings is 1. The Labute approximate surface area is 137 Å². The van der Waals surface area contributed by atoms with Gasteiger partial charge in [-0.05, 0) is 42.1 Å². The molecule has 23 heavy (non-hydrogen) atoms. The molecule has 1 heterocycles. The van der Waals surface area contributed by atoms with Crippen molar-refractivity contribution in [3.63, 3.8) is 0 Å². The van der Waals surface area contributed by atoms with Gasteiger partial charge in [-0.2, -0.15) is 5.10 Å². The second-order valence-corrected chi connectivity index (χ2v) is 5.66. The van der Waals surface area contributed by atoms with Crippen LogP contribution in [0.5, 0.6) is 5.75 Å². The van der Waals surface area contributed by atoms with E-state index in [1.165, 1.54) is 18.4 Å². The highest BCUT2D eigenvalue weighted by Gasteiger charge is 2.10. The Morgan fingerprint density at radius 2 is 2.13 bits per heavy atom. The minimum atomic E-state index is -0.943. The third-order valence-corrected chi connectivity index (χ3v) is 3.98. The summed E-state index contributed by atoms with van der Waals surface area (Å²) < 4.78 is 5.16. The van der Waals surface area contributed by atoms with Gasteiger partial charge < -0.3 is 9.84 Å². The predicted molar refractivity (Wildman–Crippen MR) is 88.3 cm³/mol. The molecule has 120 valence electrons. The van der Waals surface area contributed by atoms with Crippen molar-refractivity contribution in [3.8, 4) is 5.75 Å². The maximum Gasteiger partial charge on any atom is 0.307 e. The molecule has 1 aromatic carbocycles.